The Labute approximate surface area is 193 Å². The van der Waals surface area contributed by atoms with E-state index in [1.54, 1.807) is 43.0 Å². The third-order valence-electron chi connectivity index (χ3n) is 4.93. The fraction of sp³-hybridized carbons (Fsp3) is 0.125. The smallest absolute Gasteiger partial charge is 0.362 e. The van der Waals surface area contributed by atoms with Crippen molar-refractivity contribution in [3.05, 3.63) is 96.3 Å². The van der Waals surface area contributed by atoms with Crippen LogP contribution in [0.2, 0.25) is 0 Å². The lowest BCUT2D eigenvalue weighted by Gasteiger charge is -2.16. The van der Waals surface area contributed by atoms with E-state index in [1.165, 1.54) is 0 Å². The van der Waals surface area contributed by atoms with E-state index in [9.17, 15) is 18.0 Å². The lowest BCUT2D eigenvalue weighted by molar-refractivity contribution is -0.137. The van der Waals surface area contributed by atoms with E-state index in [0.717, 1.165) is 23.4 Å². The first-order valence-corrected chi connectivity index (χ1v) is 10.2. The van der Waals surface area contributed by atoms with Gasteiger partial charge in [0.1, 0.15) is 5.82 Å². The van der Waals surface area contributed by atoms with E-state index in [0.29, 0.717) is 23.4 Å². The monoisotopic (exact) mass is 464 g/mol. The number of benzene rings is 1. The Balaban J connectivity index is 1.47. The van der Waals surface area contributed by atoms with Crippen LogP contribution >= 0.6 is 0 Å². The van der Waals surface area contributed by atoms with Crippen LogP contribution < -0.4 is 10.6 Å². The van der Waals surface area contributed by atoms with E-state index in [-0.39, 0.29) is 11.6 Å². The number of pyridine rings is 2. The Morgan fingerprint density at radius 3 is 2.53 bits per heavy atom. The van der Waals surface area contributed by atoms with Crippen molar-refractivity contribution in [2.45, 2.75) is 19.1 Å². The van der Waals surface area contributed by atoms with Gasteiger partial charge in [0.15, 0.2) is 0 Å². The van der Waals surface area contributed by atoms with Crippen LogP contribution in [0.5, 0.6) is 0 Å². The molecular weight excluding hydrogens is 445 g/mol. The second kappa shape index (κ2) is 9.65. The Hall–Kier alpha value is -4.34. The molecule has 4 aromatic rings. The van der Waals surface area contributed by atoms with Gasteiger partial charge in [-0.25, -0.2) is 4.98 Å². The molecule has 4 rings (SSSR count). The maximum Gasteiger partial charge on any atom is 0.417 e. The number of anilines is 2. The van der Waals surface area contributed by atoms with E-state index in [2.05, 4.69) is 30.6 Å². The standard InChI is InChI=1S/C24H19F3N6O/c1-15(31-22-14-30-13-21(33-22)17-5-3-7-28-10-17)16-4-2-6-20(9-16)32-23(34)18-8-19(12-29-11-18)24(25,26)27/h2-15H,1H3,(H,31,33)(H,32,34)/t15-/m0/s1. The average Bonchev–Trinajstić information content (AvgIpc) is 2.84. The summed E-state index contributed by atoms with van der Waals surface area (Å²) in [5.41, 5.74) is 1.59. The summed E-state index contributed by atoms with van der Waals surface area (Å²) >= 11 is 0. The minimum atomic E-state index is -4.58. The molecule has 10 heteroatoms. The molecule has 3 aromatic heterocycles. The van der Waals surface area contributed by atoms with Crippen molar-refractivity contribution >= 4 is 17.4 Å². The number of alkyl halides is 3. The van der Waals surface area contributed by atoms with Crippen molar-refractivity contribution in [1.82, 2.24) is 19.9 Å². The van der Waals surface area contributed by atoms with Gasteiger partial charge in [0.2, 0.25) is 0 Å². The number of carbonyl (C=O) groups excluding carboxylic acids is 1. The van der Waals surface area contributed by atoms with Crippen LogP contribution in [0.4, 0.5) is 24.7 Å². The number of nitrogens with zero attached hydrogens (tertiary/aromatic N) is 4. The molecule has 0 aliphatic carbocycles. The zero-order chi connectivity index (χ0) is 24.1. The van der Waals surface area contributed by atoms with E-state index < -0.39 is 17.6 Å². The second-order valence-electron chi connectivity index (χ2n) is 7.44. The Morgan fingerprint density at radius 1 is 0.941 bits per heavy atom. The average molecular weight is 464 g/mol. The summed E-state index contributed by atoms with van der Waals surface area (Å²) in [6, 6.07) is 11.2. The molecule has 34 heavy (non-hydrogen) atoms. The highest BCUT2D eigenvalue weighted by Gasteiger charge is 2.31. The Kier molecular flexibility index (Phi) is 6.48. The highest BCUT2D eigenvalue weighted by atomic mass is 19.4. The van der Waals surface area contributed by atoms with Gasteiger partial charge >= 0.3 is 6.18 Å². The SMILES string of the molecule is C[C@H](Nc1cncc(-c2cccnc2)n1)c1cccc(NC(=O)c2cncc(C(F)(F)F)c2)c1. The first-order valence-electron chi connectivity index (χ1n) is 10.2. The number of nitrogens with one attached hydrogen (secondary N) is 2. The number of hydrogen-bond acceptors (Lipinski definition) is 6. The molecule has 3 heterocycles. The van der Waals surface area contributed by atoms with E-state index >= 15 is 0 Å². The molecule has 0 saturated heterocycles. The van der Waals surface area contributed by atoms with Crippen LogP contribution in [-0.4, -0.2) is 25.8 Å². The Bertz CT molecular complexity index is 1300. The van der Waals surface area contributed by atoms with Crippen LogP contribution in [0.15, 0.2) is 79.6 Å². The minimum Gasteiger partial charge on any atom is -0.362 e. The molecule has 0 aliphatic rings. The summed E-state index contributed by atoms with van der Waals surface area (Å²) in [5.74, 6) is -0.135. The van der Waals surface area contributed by atoms with Crippen molar-refractivity contribution in [3.8, 4) is 11.3 Å². The number of carbonyl (C=O) groups is 1. The Morgan fingerprint density at radius 2 is 1.76 bits per heavy atom. The van der Waals surface area contributed by atoms with Crippen molar-refractivity contribution in [3.63, 3.8) is 0 Å². The zero-order valence-electron chi connectivity index (χ0n) is 17.9. The van der Waals surface area contributed by atoms with E-state index in [1.807, 2.05) is 25.1 Å². The molecule has 1 atom stereocenters. The molecule has 7 nitrogen and oxygen atoms in total. The second-order valence-corrected chi connectivity index (χ2v) is 7.44. The molecule has 1 amide bonds. The van der Waals surface area contributed by atoms with Crippen LogP contribution in [0.1, 0.15) is 34.5 Å². The van der Waals surface area contributed by atoms with Crippen LogP contribution in [-0.2, 0) is 6.18 Å². The van der Waals surface area contributed by atoms with Gasteiger partial charge in [-0.15, -0.1) is 0 Å². The van der Waals surface area contributed by atoms with Crippen LogP contribution in [0.3, 0.4) is 0 Å². The summed E-state index contributed by atoms with van der Waals surface area (Å²) < 4.78 is 38.7. The largest absolute Gasteiger partial charge is 0.417 e. The topological polar surface area (TPSA) is 92.7 Å². The van der Waals surface area contributed by atoms with Crippen LogP contribution in [0, 0.1) is 0 Å². The quantitative estimate of drug-likeness (QED) is 0.398. The van der Waals surface area contributed by atoms with Gasteiger partial charge in [-0.2, -0.15) is 13.2 Å². The fourth-order valence-corrected chi connectivity index (χ4v) is 3.20. The lowest BCUT2D eigenvalue weighted by Crippen LogP contribution is -2.15. The molecule has 0 aliphatic heterocycles. The summed E-state index contributed by atoms with van der Waals surface area (Å²) in [6.45, 7) is 1.91. The molecule has 0 unspecified atom stereocenters. The minimum absolute atomic E-state index is 0.186. The predicted octanol–water partition coefficient (Wildman–Crippen LogP) is 5.38. The molecule has 1 aromatic carbocycles. The summed E-state index contributed by atoms with van der Waals surface area (Å²) in [7, 11) is 0. The molecule has 172 valence electrons. The normalized spacial score (nSPS) is 12.1. The number of hydrogen-bond donors (Lipinski definition) is 2. The van der Waals surface area contributed by atoms with Crippen molar-refractivity contribution in [1.29, 1.82) is 0 Å². The molecular formula is C24H19F3N6O. The molecule has 2 N–H and O–H groups in total. The maximum atomic E-state index is 12.9. The number of aromatic nitrogens is 4. The maximum absolute atomic E-state index is 12.9. The van der Waals surface area contributed by atoms with Gasteiger partial charge in [-0.3, -0.25) is 19.7 Å². The van der Waals surface area contributed by atoms with Gasteiger partial charge in [-0.05, 0) is 42.8 Å². The van der Waals surface area contributed by atoms with E-state index in [4.69, 9.17) is 0 Å². The van der Waals surface area contributed by atoms with Crippen molar-refractivity contribution < 1.29 is 18.0 Å². The first kappa shape index (κ1) is 22.8. The molecule has 0 bridgehead atoms. The molecule has 0 radical (unpaired) electrons. The number of rotatable bonds is 6. The third kappa shape index (κ3) is 5.52. The molecule has 0 saturated carbocycles. The zero-order valence-corrected chi connectivity index (χ0v) is 17.9. The third-order valence-corrected chi connectivity index (χ3v) is 4.93. The van der Waals surface area contributed by atoms with Gasteiger partial charge in [0, 0.05) is 36.0 Å². The highest BCUT2D eigenvalue weighted by molar-refractivity contribution is 6.04. The van der Waals surface area contributed by atoms with Crippen molar-refractivity contribution in [2.75, 3.05) is 10.6 Å². The fourth-order valence-electron chi connectivity index (χ4n) is 3.20. The van der Waals surface area contributed by atoms with Gasteiger partial charge in [-0.1, -0.05) is 12.1 Å². The van der Waals surface area contributed by atoms with Gasteiger partial charge in [0.05, 0.1) is 35.3 Å². The molecule has 0 fully saturated rings. The molecule has 0 spiro atoms. The van der Waals surface area contributed by atoms with Gasteiger partial charge in [0.25, 0.3) is 5.91 Å². The summed E-state index contributed by atoms with van der Waals surface area (Å²) in [5, 5.41) is 5.88. The lowest BCUT2D eigenvalue weighted by atomic mass is 10.1. The predicted molar refractivity (Wildman–Crippen MR) is 121 cm³/mol. The summed E-state index contributed by atoms with van der Waals surface area (Å²) in [4.78, 5) is 28.9. The highest BCUT2D eigenvalue weighted by Crippen LogP contribution is 2.29. The first-order chi connectivity index (χ1) is 16.3. The summed E-state index contributed by atoms with van der Waals surface area (Å²) in [6.07, 6.45) is 3.80. The number of amides is 1. The van der Waals surface area contributed by atoms with Gasteiger partial charge < -0.3 is 10.6 Å². The van der Waals surface area contributed by atoms with Crippen LogP contribution in [0.25, 0.3) is 11.3 Å². The number of halogens is 3. The van der Waals surface area contributed by atoms with Crippen molar-refractivity contribution in [2.24, 2.45) is 0 Å².